The highest BCUT2D eigenvalue weighted by Crippen LogP contribution is 2.26. The van der Waals surface area contributed by atoms with Crippen molar-refractivity contribution in [2.75, 3.05) is 19.8 Å². The van der Waals surface area contributed by atoms with Crippen LogP contribution in [0.15, 0.2) is 24.8 Å². The van der Waals surface area contributed by atoms with Crippen molar-refractivity contribution >= 4 is 11.8 Å². The second-order valence-electron chi connectivity index (χ2n) is 4.55. The molecule has 0 aliphatic carbocycles. The Kier molecular flexibility index (Phi) is 4.52. The van der Waals surface area contributed by atoms with Crippen LogP contribution in [-0.4, -0.2) is 24.7 Å². The van der Waals surface area contributed by atoms with Crippen LogP contribution in [0.1, 0.15) is 18.4 Å². The number of ether oxygens (including phenoxy) is 2. The number of hydrogen-bond acceptors (Lipinski definition) is 4. The van der Waals surface area contributed by atoms with Gasteiger partial charge in [0.05, 0.1) is 11.5 Å². The number of rotatable bonds is 5. The largest absolute Gasteiger partial charge is 0.493 e. The fourth-order valence-electron chi connectivity index (χ4n) is 2.06. The maximum absolute atomic E-state index is 10.7. The van der Waals surface area contributed by atoms with E-state index >= 15 is 0 Å². The molecule has 1 heterocycles. The van der Waals surface area contributed by atoms with Gasteiger partial charge in [0, 0.05) is 30.9 Å². The minimum Gasteiger partial charge on any atom is -0.493 e. The summed E-state index contributed by atoms with van der Waals surface area (Å²) in [5.41, 5.74) is 0.703. The van der Waals surface area contributed by atoms with Crippen LogP contribution >= 0.6 is 0 Å². The Morgan fingerprint density at radius 1 is 1.47 bits per heavy atom. The Hall–Kier alpha value is -1.88. The lowest BCUT2D eigenvalue weighted by Crippen LogP contribution is -2.21. The van der Waals surface area contributed by atoms with Gasteiger partial charge in [-0.25, -0.2) is 0 Å². The second kappa shape index (κ2) is 6.33. The van der Waals surface area contributed by atoms with Crippen LogP contribution < -0.4 is 4.74 Å². The molecule has 0 saturated carbocycles. The van der Waals surface area contributed by atoms with Crippen LogP contribution in [0.4, 0.5) is 5.69 Å². The molecular formula is C14H17NO4. The molecule has 5 heteroatoms. The van der Waals surface area contributed by atoms with E-state index in [1.807, 2.05) is 0 Å². The second-order valence-corrected chi connectivity index (χ2v) is 4.55. The SMILES string of the molecule is C=Cc1cc([N+](=O)[O-])ccc1OCC1CCOCC1. The minimum atomic E-state index is -0.421. The lowest BCUT2D eigenvalue weighted by atomic mass is 10.0. The van der Waals surface area contributed by atoms with Gasteiger partial charge in [0.25, 0.3) is 5.69 Å². The van der Waals surface area contributed by atoms with Gasteiger partial charge in [-0.3, -0.25) is 10.1 Å². The number of non-ortho nitro benzene ring substituents is 1. The van der Waals surface area contributed by atoms with Crippen molar-refractivity contribution in [3.05, 3.63) is 40.5 Å². The Morgan fingerprint density at radius 3 is 2.84 bits per heavy atom. The summed E-state index contributed by atoms with van der Waals surface area (Å²) < 4.78 is 11.0. The van der Waals surface area contributed by atoms with E-state index in [1.54, 1.807) is 12.1 Å². The lowest BCUT2D eigenvalue weighted by molar-refractivity contribution is -0.384. The Bertz CT molecular complexity index is 467. The number of nitrogens with zero attached hydrogens (tertiary/aromatic N) is 1. The van der Waals surface area contributed by atoms with E-state index in [2.05, 4.69) is 6.58 Å². The molecular weight excluding hydrogens is 246 g/mol. The average molecular weight is 263 g/mol. The first-order valence-corrected chi connectivity index (χ1v) is 6.32. The summed E-state index contributed by atoms with van der Waals surface area (Å²) in [6.07, 6.45) is 3.57. The zero-order valence-electron chi connectivity index (χ0n) is 10.7. The van der Waals surface area contributed by atoms with Gasteiger partial charge < -0.3 is 9.47 Å². The summed E-state index contributed by atoms with van der Waals surface area (Å²) in [6.45, 7) is 5.84. The molecule has 0 amide bonds. The number of benzene rings is 1. The average Bonchev–Trinajstić information content (AvgIpc) is 2.45. The van der Waals surface area contributed by atoms with E-state index in [-0.39, 0.29) is 5.69 Å². The molecule has 0 spiro atoms. The maximum Gasteiger partial charge on any atom is 0.270 e. The first kappa shape index (κ1) is 13.5. The fraction of sp³-hybridized carbons (Fsp3) is 0.429. The standard InChI is InChI=1S/C14H17NO4/c1-2-12-9-13(15(16)17)3-4-14(12)19-10-11-5-7-18-8-6-11/h2-4,9,11H,1,5-8,10H2. The highest BCUT2D eigenvalue weighted by atomic mass is 16.6. The van der Waals surface area contributed by atoms with Crippen LogP contribution in [0.25, 0.3) is 6.08 Å². The summed E-state index contributed by atoms with van der Waals surface area (Å²) in [7, 11) is 0. The molecule has 0 aromatic heterocycles. The van der Waals surface area contributed by atoms with Gasteiger partial charge in [0.1, 0.15) is 5.75 Å². The molecule has 1 aromatic carbocycles. The molecule has 1 aliphatic heterocycles. The molecule has 1 saturated heterocycles. The van der Waals surface area contributed by atoms with Crippen molar-refractivity contribution in [1.82, 2.24) is 0 Å². The van der Waals surface area contributed by atoms with E-state index < -0.39 is 4.92 Å². The lowest BCUT2D eigenvalue weighted by Gasteiger charge is -2.22. The summed E-state index contributed by atoms with van der Waals surface area (Å²) in [6, 6.07) is 4.56. The van der Waals surface area contributed by atoms with Crippen LogP contribution in [0.2, 0.25) is 0 Å². The Labute approximate surface area is 112 Å². The summed E-state index contributed by atoms with van der Waals surface area (Å²) in [5.74, 6) is 1.13. The van der Waals surface area contributed by atoms with E-state index in [4.69, 9.17) is 9.47 Å². The number of hydrogen-bond donors (Lipinski definition) is 0. The van der Waals surface area contributed by atoms with E-state index in [0.717, 1.165) is 26.1 Å². The molecule has 5 nitrogen and oxygen atoms in total. The molecule has 1 aliphatic rings. The molecule has 102 valence electrons. The molecule has 0 radical (unpaired) electrons. The zero-order chi connectivity index (χ0) is 13.7. The van der Waals surface area contributed by atoms with Gasteiger partial charge in [-0.15, -0.1) is 0 Å². The van der Waals surface area contributed by atoms with Gasteiger partial charge in [0.2, 0.25) is 0 Å². The molecule has 0 N–H and O–H groups in total. The van der Waals surface area contributed by atoms with Gasteiger partial charge in [0.15, 0.2) is 0 Å². The Balaban J connectivity index is 2.02. The van der Waals surface area contributed by atoms with Gasteiger partial charge in [-0.05, 0) is 24.8 Å². The summed E-state index contributed by atoms with van der Waals surface area (Å²) in [5, 5.41) is 10.7. The fourth-order valence-corrected chi connectivity index (χ4v) is 2.06. The highest BCUT2D eigenvalue weighted by molar-refractivity contribution is 5.59. The third kappa shape index (κ3) is 3.54. The smallest absolute Gasteiger partial charge is 0.270 e. The summed E-state index contributed by atoms with van der Waals surface area (Å²) >= 11 is 0. The molecule has 19 heavy (non-hydrogen) atoms. The zero-order valence-corrected chi connectivity index (χ0v) is 10.7. The quantitative estimate of drug-likeness (QED) is 0.605. The molecule has 0 atom stereocenters. The van der Waals surface area contributed by atoms with Crippen molar-refractivity contribution < 1.29 is 14.4 Å². The predicted octanol–water partition coefficient (Wildman–Crippen LogP) is 3.04. The van der Waals surface area contributed by atoms with E-state index in [9.17, 15) is 10.1 Å². The van der Waals surface area contributed by atoms with Gasteiger partial charge in [-0.2, -0.15) is 0 Å². The molecule has 2 rings (SSSR count). The highest BCUT2D eigenvalue weighted by Gasteiger charge is 2.16. The third-order valence-corrected chi connectivity index (χ3v) is 3.24. The normalized spacial score (nSPS) is 16.0. The topological polar surface area (TPSA) is 61.6 Å². The minimum absolute atomic E-state index is 0.0494. The van der Waals surface area contributed by atoms with Crippen LogP contribution in [-0.2, 0) is 4.74 Å². The predicted molar refractivity (Wildman–Crippen MR) is 72.2 cm³/mol. The van der Waals surface area contributed by atoms with Crippen LogP contribution in [0.5, 0.6) is 5.75 Å². The van der Waals surface area contributed by atoms with Crippen molar-refractivity contribution in [2.45, 2.75) is 12.8 Å². The van der Waals surface area contributed by atoms with Crippen molar-refractivity contribution in [3.63, 3.8) is 0 Å². The monoisotopic (exact) mass is 263 g/mol. The van der Waals surface area contributed by atoms with Crippen molar-refractivity contribution in [1.29, 1.82) is 0 Å². The van der Waals surface area contributed by atoms with Crippen LogP contribution in [0, 0.1) is 16.0 Å². The molecule has 0 unspecified atom stereocenters. The summed E-state index contributed by atoms with van der Waals surface area (Å²) in [4.78, 5) is 10.3. The first-order chi connectivity index (χ1) is 9.20. The molecule has 1 fully saturated rings. The first-order valence-electron chi connectivity index (χ1n) is 6.32. The van der Waals surface area contributed by atoms with Crippen molar-refractivity contribution in [2.24, 2.45) is 5.92 Å². The van der Waals surface area contributed by atoms with Crippen molar-refractivity contribution in [3.8, 4) is 5.75 Å². The Morgan fingerprint density at radius 2 is 2.21 bits per heavy atom. The van der Waals surface area contributed by atoms with Crippen LogP contribution in [0.3, 0.4) is 0 Å². The molecule has 0 bridgehead atoms. The van der Waals surface area contributed by atoms with Gasteiger partial charge in [-0.1, -0.05) is 12.7 Å². The van der Waals surface area contributed by atoms with Gasteiger partial charge >= 0.3 is 0 Å². The number of nitro groups is 1. The van der Waals surface area contributed by atoms with E-state index in [0.29, 0.717) is 23.8 Å². The molecule has 1 aromatic rings. The maximum atomic E-state index is 10.7. The van der Waals surface area contributed by atoms with E-state index in [1.165, 1.54) is 12.1 Å². The third-order valence-electron chi connectivity index (χ3n) is 3.24. The number of nitro benzene ring substituents is 1.